The standard InChI is InChI=1S/C13H24N2OS/c1-2-5-10(14)13(16)15-8-9-17-12-7-4-3-6-11(12)15/h10-12H,2-9,14H2,1H3. The van der Waals surface area contributed by atoms with Gasteiger partial charge in [-0.25, -0.2) is 0 Å². The number of amides is 1. The van der Waals surface area contributed by atoms with Crippen LogP contribution in [0.25, 0.3) is 0 Å². The topological polar surface area (TPSA) is 46.3 Å². The van der Waals surface area contributed by atoms with Crippen molar-refractivity contribution in [3.05, 3.63) is 0 Å². The van der Waals surface area contributed by atoms with Gasteiger partial charge in [-0.1, -0.05) is 26.2 Å². The van der Waals surface area contributed by atoms with Gasteiger partial charge >= 0.3 is 0 Å². The lowest BCUT2D eigenvalue weighted by Gasteiger charge is -2.44. The van der Waals surface area contributed by atoms with E-state index in [0.717, 1.165) is 25.1 Å². The second-order valence-electron chi connectivity index (χ2n) is 5.19. The molecule has 1 saturated carbocycles. The molecule has 0 radical (unpaired) electrons. The Bertz CT molecular complexity index is 270. The summed E-state index contributed by atoms with van der Waals surface area (Å²) in [5, 5.41) is 0.676. The van der Waals surface area contributed by atoms with Crippen LogP contribution in [0.3, 0.4) is 0 Å². The number of thioether (sulfide) groups is 1. The molecule has 0 aromatic heterocycles. The number of rotatable bonds is 3. The highest BCUT2D eigenvalue weighted by Gasteiger charge is 2.37. The van der Waals surface area contributed by atoms with E-state index < -0.39 is 0 Å². The van der Waals surface area contributed by atoms with Crippen LogP contribution in [0.15, 0.2) is 0 Å². The highest BCUT2D eigenvalue weighted by molar-refractivity contribution is 8.00. The van der Waals surface area contributed by atoms with Crippen molar-refractivity contribution in [2.75, 3.05) is 12.3 Å². The molecule has 3 unspecified atom stereocenters. The van der Waals surface area contributed by atoms with E-state index in [0.29, 0.717) is 11.3 Å². The number of nitrogens with zero attached hydrogens (tertiary/aromatic N) is 1. The molecular formula is C13H24N2OS. The van der Waals surface area contributed by atoms with Crippen molar-refractivity contribution < 1.29 is 4.79 Å². The fraction of sp³-hybridized carbons (Fsp3) is 0.923. The van der Waals surface area contributed by atoms with Gasteiger partial charge in [0.1, 0.15) is 0 Å². The molecule has 1 aliphatic heterocycles. The second-order valence-corrected chi connectivity index (χ2v) is 6.53. The third kappa shape index (κ3) is 2.97. The lowest BCUT2D eigenvalue weighted by molar-refractivity contribution is -0.135. The summed E-state index contributed by atoms with van der Waals surface area (Å²) in [5.74, 6) is 1.29. The maximum atomic E-state index is 12.3. The molecule has 1 aliphatic carbocycles. The first-order valence-corrected chi connectivity index (χ1v) is 7.96. The molecule has 98 valence electrons. The summed E-state index contributed by atoms with van der Waals surface area (Å²) in [6.45, 7) is 2.99. The first-order valence-electron chi connectivity index (χ1n) is 6.91. The molecule has 1 saturated heterocycles. The highest BCUT2D eigenvalue weighted by Crippen LogP contribution is 2.35. The molecule has 0 aromatic carbocycles. The summed E-state index contributed by atoms with van der Waals surface area (Å²) in [5.41, 5.74) is 5.98. The first kappa shape index (κ1) is 13.2. The van der Waals surface area contributed by atoms with Crippen LogP contribution in [0.2, 0.25) is 0 Å². The van der Waals surface area contributed by atoms with E-state index >= 15 is 0 Å². The van der Waals surface area contributed by atoms with Gasteiger partial charge in [0.05, 0.1) is 6.04 Å². The van der Waals surface area contributed by atoms with Gasteiger partial charge < -0.3 is 10.6 Å². The first-order chi connectivity index (χ1) is 8.24. The quantitative estimate of drug-likeness (QED) is 0.840. The van der Waals surface area contributed by atoms with Crippen LogP contribution in [-0.2, 0) is 4.79 Å². The van der Waals surface area contributed by atoms with E-state index in [1.54, 1.807) is 0 Å². The third-order valence-corrected chi connectivity index (χ3v) is 5.33. The Labute approximate surface area is 108 Å². The predicted octanol–water partition coefficient (Wildman–Crippen LogP) is 2.00. The van der Waals surface area contributed by atoms with Crippen LogP contribution in [0.5, 0.6) is 0 Å². The molecule has 0 aromatic rings. The smallest absolute Gasteiger partial charge is 0.239 e. The minimum absolute atomic E-state index is 0.198. The summed E-state index contributed by atoms with van der Waals surface area (Å²) >= 11 is 2.06. The molecule has 2 rings (SSSR count). The molecular weight excluding hydrogens is 232 g/mol. The molecule has 3 nitrogen and oxygen atoms in total. The van der Waals surface area contributed by atoms with Crippen molar-refractivity contribution >= 4 is 17.7 Å². The molecule has 17 heavy (non-hydrogen) atoms. The van der Waals surface area contributed by atoms with Crippen LogP contribution >= 0.6 is 11.8 Å². The average Bonchev–Trinajstić information content (AvgIpc) is 2.37. The van der Waals surface area contributed by atoms with E-state index in [1.807, 2.05) is 0 Å². The van der Waals surface area contributed by atoms with Crippen LogP contribution in [0.1, 0.15) is 45.4 Å². The molecule has 2 fully saturated rings. The zero-order valence-corrected chi connectivity index (χ0v) is 11.5. The van der Waals surface area contributed by atoms with Gasteiger partial charge in [-0.05, 0) is 19.3 Å². The zero-order chi connectivity index (χ0) is 12.3. The largest absolute Gasteiger partial charge is 0.336 e. The number of hydrogen-bond acceptors (Lipinski definition) is 3. The van der Waals surface area contributed by atoms with Gasteiger partial charge in [-0.2, -0.15) is 11.8 Å². The lowest BCUT2D eigenvalue weighted by atomic mass is 9.92. The minimum Gasteiger partial charge on any atom is -0.336 e. The van der Waals surface area contributed by atoms with Crippen molar-refractivity contribution in [3.63, 3.8) is 0 Å². The highest BCUT2D eigenvalue weighted by atomic mass is 32.2. The SMILES string of the molecule is CCCC(N)C(=O)N1CCSC2CCCCC21. The van der Waals surface area contributed by atoms with Gasteiger partial charge in [-0.3, -0.25) is 4.79 Å². The minimum atomic E-state index is -0.273. The van der Waals surface area contributed by atoms with E-state index in [2.05, 4.69) is 23.6 Å². The predicted molar refractivity (Wildman–Crippen MR) is 73.1 cm³/mol. The van der Waals surface area contributed by atoms with E-state index in [1.165, 1.54) is 25.7 Å². The maximum absolute atomic E-state index is 12.3. The average molecular weight is 256 g/mol. The van der Waals surface area contributed by atoms with Crippen molar-refractivity contribution in [2.45, 2.75) is 62.8 Å². The van der Waals surface area contributed by atoms with Crippen molar-refractivity contribution in [3.8, 4) is 0 Å². The number of carbonyl (C=O) groups is 1. The summed E-state index contributed by atoms with van der Waals surface area (Å²) in [6, 6.07) is 0.198. The van der Waals surface area contributed by atoms with Gasteiger partial charge in [0, 0.05) is 23.6 Å². The Morgan fingerprint density at radius 2 is 2.24 bits per heavy atom. The maximum Gasteiger partial charge on any atom is 0.239 e. The number of nitrogens with two attached hydrogens (primary N) is 1. The lowest BCUT2D eigenvalue weighted by Crippen LogP contribution is -2.56. The Kier molecular flexibility index (Phi) is 4.74. The normalized spacial score (nSPS) is 30.8. The molecule has 3 atom stereocenters. The number of carbonyl (C=O) groups excluding carboxylic acids is 1. The number of fused-ring (bicyclic) bond motifs is 1. The summed E-state index contributed by atoms with van der Waals surface area (Å²) in [6.07, 6.45) is 6.87. The van der Waals surface area contributed by atoms with Crippen LogP contribution < -0.4 is 5.73 Å². The Balaban J connectivity index is 2.00. The zero-order valence-electron chi connectivity index (χ0n) is 10.7. The monoisotopic (exact) mass is 256 g/mol. The molecule has 1 amide bonds. The van der Waals surface area contributed by atoms with Crippen LogP contribution in [-0.4, -0.2) is 40.4 Å². The van der Waals surface area contributed by atoms with Crippen molar-refractivity contribution in [1.82, 2.24) is 4.90 Å². The van der Waals surface area contributed by atoms with Crippen LogP contribution in [0, 0.1) is 0 Å². The summed E-state index contributed by atoms with van der Waals surface area (Å²) in [4.78, 5) is 14.4. The van der Waals surface area contributed by atoms with Gasteiger partial charge in [0.25, 0.3) is 0 Å². The Morgan fingerprint density at radius 3 is 3.00 bits per heavy atom. The van der Waals surface area contributed by atoms with E-state index in [-0.39, 0.29) is 11.9 Å². The second kappa shape index (κ2) is 6.10. The number of hydrogen-bond donors (Lipinski definition) is 1. The summed E-state index contributed by atoms with van der Waals surface area (Å²) < 4.78 is 0. The third-order valence-electron chi connectivity index (χ3n) is 3.93. The molecule has 0 bridgehead atoms. The molecule has 0 spiro atoms. The van der Waals surface area contributed by atoms with Crippen LogP contribution in [0.4, 0.5) is 0 Å². The summed E-state index contributed by atoms with van der Waals surface area (Å²) in [7, 11) is 0. The van der Waals surface area contributed by atoms with Gasteiger partial charge in [-0.15, -0.1) is 0 Å². The molecule has 4 heteroatoms. The molecule has 2 aliphatic rings. The van der Waals surface area contributed by atoms with Crippen molar-refractivity contribution in [2.24, 2.45) is 5.73 Å². The van der Waals surface area contributed by atoms with E-state index in [9.17, 15) is 4.79 Å². The van der Waals surface area contributed by atoms with Crippen molar-refractivity contribution in [1.29, 1.82) is 0 Å². The Morgan fingerprint density at radius 1 is 1.47 bits per heavy atom. The fourth-order valence-electron chi connectivity index (χ4n) is 3.02. The van der Waals surface area contributed by atoms with Gasteiger partial charge in [0.15, 0.2) is 0 Å². The van der Waals surface area contributed by atoms with Gasteiger partial charge in [0.2, 0.25) is 5.91 Å². The van der Waals surface area contributed by atoms with E-state index in [4.69, 9.17) is 5.73 Å². The fourth-order valence-corrected chi connectivity index (χ4v) is 4.46. The molecule has 1 heterocycles. The Hall–Kier alpha value is -0.220. The molecule has 2 N–H and O–H groups in total.